The number of benzene rings is 2. The van der Waals surface area contributed by atoms with Gasteiger partial charge in [0.2, 0.25) is 0 Å². The van der Waals surface area contributed by atoms with Crippen LogP contribution in [0.3, 0.4) is 0 Å². The summed E-state index contributed by atoms with van der Waals surface area (Å²) in [6, 6.07) is 22.1. The third-order valence-electron chi connectivity index (χ3n) is 4.86. The summed E-state index contributed by atoms with van der Waals surface area (Å²) in [6.07, 6.45) is 11.6. The number of unbranched alkanes of at least 4 members (excludes halogenated alkanes) is 2. The Morgan fingerprint density at radius 3 is 1.92 bits per heavy atom. The molecule has 0 bridgehead atoms. The second kappa shape index (κ2) is 9.73. The minimum absolute atomic E-state index is 0.422. The molecular formula is C24H29P. The summed E-state index contributed by atoms with van der Waals surface area (Å²) in [4.78, 5) is 0. The van der Waals surface area contributed by atoms with Gasteiger partial charge in [0.05, 0.1) is 0 Å². The third kappa shape index (κ3) is 5.16. The van der Waals surface area contributed by atoms with Crippen molar-refractivity contribution < 1.29 is 0 Å². The molecule has 3 rings (SSSR count). The quantitative estimate of drug-likeness (QED) is 0.403. The molecule has 130 valence electrons. The molecule has 0 aromatic heterocycles. The van der Waals surface area contributed by atoms with E-state index < -0.39 is 7.92 Å². The molecule has 1 saturated carbocycles. The molecule has 1 heteroatoms. The van der Waals surface area contributed by atoms with E-state index in [1.165, 1.54) is 55.6 Å². The molecular weight excluding hydrogens is 319 g/mol. The van der Waals surface area contributed by atoms with Crippen LogP contribution in [0.1, 0.15) is 51.9 Å². The minimum Gasteiger partial charge on any atom is -0.0810 e. The summed E-state index contributed by atoms with van der Waals surface area (Å²) < 4.78 is 0. The van der Waals surface area contributed by atoms with Crippen LogP contribution in [0.15, 0.2) is 83.7 Å². The van der Waals surface area contributed by atoms with E-state index in [9.17, 15) is 0 Å². The summed E-state index contributed by atoms with van der Waals surface area (Å²) in [5, 5.41) is 2.91. The highest BCUT2D eigenvalue weighted by molar-refractivity contribution is 7.75. The normalized spacial score (nSPS) is 18.2. The summed E-state index contributed by atoms with van der Waals surface area (Å²) in [6.45, 7) is 2.28. The molecule has 1 aliphatic carbocycles. The van der Waals surface area contributed by atoms with Gasteiger partial charge in [-0.25, -0.2) is 0 Å². The summed E-state index contributed by atoms with van der Waals surface area (Å²) in [7, 11) is -0.422. The summed E-state index contributed by atoms with van der Waals surface area (Å²) >= 11 is 0. The predicted molar refractivity (Wildman–Crippen MR) is 113 cm³/mol. The Labute approximate surface area is 154 Å². The van der Waals surface area contributed by atoms with Crippen molar-refractivity contribution in [1.82, 2.24) is 0 Å². The Kier molecular flexibility index (Phi) is 7.07. The number of allylic oxidation sites excluding steroid dienone is 3. The highest BCUT2D eigenvalue weighted by atomic mass is 31.1. The Bertz CT molecular complexity index is 658. The van der Waals surface area contributed by atoms with E-state index in [1.54, 1.807) is 11.1 Å². The fraction of sp³-hybridized carbons (Fsp3) is 0.333. The van der Waals surface area contributed by atoms with E-state index in [2.05, 4.69) is 79.5 Å². The number of rotatable bonds is 6. The molecule has 1 fully saturated rings. The molecule has 0 nitrogen and oxygen atoms in total. The fourth-order valence-corrected chi connectivity index (χ4v) is 5.63. The molecule has 0 unspecified atom stereocenters. The first kappa shape index (κ1) is 18.2. The zero-order chi connectivity index (χ0) is 17.3. The molecule has 0 amide bonds. The number of hydrogen-bond acceptors (Lipinski definition) is 0. The van der Waals surface area contributed by atoms with Crippen molar-refractivity contribution in [2.75, 3.05) is 0 Å². The van der Waals surface area contributed by atoms with Crippen LogP contribution in [0, 0.1) is 0 Å². The first-order valence-corrected chi connectivity index (χ1v) is 11.1. The molecule has 0 N–H and O–H groups in total. The van der Waals surface area contributed by atoms with Crippen LogP contribution in [0.4, 0.5) is 0 Å². The summed E-state index contributed by atoms with van der Waals surface area (Å²) in [5.41, 5.74) is 3.24. The third-order valence-corrected chi connectivity index (χ3v) is 7.14. The van der Waals surface area contributed by atoms with Crippen molar-refractivity contribution in [1.29, 1.82) is 0 Å². The van der Waals surface area contributed by atoms with Gasteiger partial charge in [0.15, 0.2) is 0 Å². The standard InChI is InChI=1S/C24H29P/c1-2-3-6-13-21-14-11-12-15-22(21)20-25(23-16-7-4-8-17-23)24-18-9-5-10-19-24/h4-5,7-10,13,16-20H,2-3,6,11-12,14-15H2,1H3. The first-order valence-electron chi connectivity index (χ1n) is 9.68. The van der Waals surface area contributed by atoms with Crippen molar-refractivity contribution in [3.05, 3.63) is 83.7 Å². The molecule has 25 heavy (non-hydrogen) atoms. The molecule has 0 spiro atoms. The second-order valence-corrected chi connectivity index (χ2v) is 8.81. The van der Waals surface area contributed by atoms with Crippen molar-refractivity contribution in [2.45, 2.75) is 51.9 Å². The Morgan fingerprint density at radius 1 is 0.800 bits per heavy atom. The van der Waals surface area contributed by atoms with Gasteiger partial charge in [-0.2, -0.15) is 0 Å². The van der Waals surface area contributed by atoms with Crippen LogP contribution >= 0.6 is 7.92 Å². The van der Waals surface area contributed by atoms with Crippen LogP contribution in [-0.2, 0) is 0 Å². The molecule has 0 aliphatic heterocycles. The molecule has 0 radical (unpaired) electrons. The van der Waals surface area contributed by atoms with E-state index in [1.807, 2.05) is 0 Å². The maximum atomic E-state index is 2.61. The molecule has 2 aromatic carbocycles. The molecule has 0 saturated heterocycles. The number of hydrogen-bond donors (Lipinski definition) is 0. The lowest BCUT2D eigenvalue weighted by Gasteiger charge is -2.22. The van der Waals surface area contributed by atoms with Gasteiger partial charge >= 0.3 is 0 Å². The average Bonchev–Trinajstić information content (AvgIpc) is 2.69. The maximum absolute atomic E-state index is 2.61. The van der Waals surface area contributed by atoms with Gasteiger partial charge in [-0.1, -0.05) is 86.5 Å². The average molecular weight is 348 g/mol. The van der Waals surface area contributed by atoms with E-state index in [0.717, 1.165) is 0 Å². The van der Waals surface area contributed by atoms with Crippen LogP contribution in [-0.4, -0.2) is 0 Å². The van der Waals surface area contributed by atoms with Gasteiger partial charge in [0.25, 0.3) is 0 Å². The zero-order valence-electron chi connectivity index (χ0n) is 15.3. The van der Waals surface area contributed by atoms with E-state index in [4.69, 9.17) is 0 Å². The van der Waals surface area contributed by atoms with Crippen molar-refractivity contribution in [3.63, 3.8) is 0 Å². The van der Waals surface area contributed by atoms with Gasteiger partial charge < -0.3 is 0 Å². The van der Waals surface area contributed by atoms with Gasteiger partial charge in [-0.3, -0.25) is 0 Å². The minimum atomic E-state index is -0.422. The Hall–Kier alpha value is -1.65. The van der Waals surface area contributed by atoms with Crippen LogP contribution in [0.5, 0.6) is 0 Å². The topological polar surface area (TPSA) is 0 Å². The van der Waals surface area contributed by atoms with Crippen LogP contribution in [0.25, 0.3) is 0 Å². The smallest absolute Gasteiger partial charge is 0.0157 e. The lowest BCUT2D eigenvalue weighted by molar-refractivity contribution is 0.674. The van der Waals surface area contributed by atoms with Crippen molar-refractivity contribution in [2.24, 2.45) is 0 Å². The van der Waals surface area contributed by atoms with E-state index in [0.29, 0.717) is 0 Å². The van der Waals surface area contributed by atoms with Crippen molar-refractivity contribution in [3.8, 4) is 0 Å². The van der Waals surface area contributed by atoms with Crippen LogP contribution < -0.4 is 10.6 Å². The lowest BCUT2D eigenvalue weighted by Crippen LogP contribution is -2.11. The molecule has 1 aliphatic rings. The van der Waals surface area contributed by atoms with Crippen molar-refractivity contribution >= 4 is 18.5 Å². The SMILES string of the molecule is CCCCC=C1CCCCC1=CP(c1ccccc1)c1ccccc1. The Morgan fingerprint density at radius 2 is 1.36 bits per heavy atom. The zero-order valence-corrected chi connectivity index (χ0v) is 16.2. The van der Waals surface area contributed by atoms with Crippen LogP contribution in [0.2, 0.25) is 0 Å². The van der Waals surface area contributed by atoms with Gasteiger partial charge in [0, 0.05) is 0 Å². The largest absolute Gasteiger partial charge is 0.0810 e. The van der Waals surface area contributed by atoms with Gasteiger partial charge in [-0.05, 0) is 67.6 Å². The summed E-state index contributed by atoms with van der Waals surface area (Å²) in [5.74, 6) is 2.61. The molecule has 0 heterocycles. The monoisotopic (exact) mass is 348 g/mol. The highest BCUT2D eigenvalue weighted by Gasteiger charge is 2.16. The highest BCUT2D eigenvalue weighted by Crippen LogP contribution is 2.41. The van der Waals surface area contributed by atoms with E-state index >= 15 is 0 Å². The predicted octanol–water partition coefficient (Wildman–Crippen LogP) is 6.69. The molecule has 0 atom stereocenters. The fourth-order valence-electron chi connectivity index (χ4n) is 3.44. The second-order valence-electron chi connectivity index (χ2n) is 6.77. The van der Waals surface area contributed by atoms with Gasteiger partial charge in [-0.15, -0.1) is 0 Å². The van der Waals surface area contributed by atoms with E-state index in [-0.39, 0.29) is 0 Å². The lowest BCUT2D eigenvalue weighted by atomic mass is 9.90. The maximum Gasteiger partial charge on any atom is -0.0157 e. The van der Waals surface area contributed by atoms with Gasteiger partial charge in [0.1, 0.15) is 0 Å². The Balaban J connectivity index is 1.95. The first-order chi connectivity index (χ1) is 12.4. The molecule has 2 aromatic rings.